The second kappa shape index (κ2) is 4.10. The number of nitrogens with zero attached hydrogens (tertiary/aromatic N) is 1. The lowest BCUT2D eigenvalue weighted by molar-refractivity contribution is 0.179. The predicted molar refractivity (Wildman–Crippen MR) is 46.7 cm³/mol. The van der Waals surface area contributed by atoms with Crippen molar-refractivity contribution in [2.24, 2.45) is 0 Å². The van der Waals surface area contributed by atoms with E-state index in [0.717, 1.165) is 31.6 Å². The molecular weight excluding hydrogens is 162 g/mol. The van der Waals surface area contributed by atoms with Crippen molar-refractivity contribution in [1.82, 2.24) is 4.90 Å². The first-order valence-electron chi connectivity index (χ1n) is 3.88. The highest BCUT2D eigenvalue weighted by Crippen LogP contribution is 2.10. The van der Waals surface area contributed by atoms with E-state index in [9.17, 15) is 5.11 Å². The zero-order chi connectivity index (χ0) is 8.27. The fourth-order valence-corrected chi connectivity index (χ4v) is 1.41. The topological polar surface area (TPSA) is 23.5 Å². The van der Waals surface area contributed by atoms with Gasteiger partial charge < -0.3 is 5.11 Å². The number of rotatable bonds is 2. The highest BCUT2D eigenvalue weighted by atomic mass is 35.5. The van der Waals surface area contributed by atoms with Crippen LogP contribution >= 0.6 is 11.6 Å². The number of aliphatic hydroxyl groups is 1. The summed E-state index contributed by atoms with van der Waals surface area (Å²) in [5.41, 5.74) is 2.76. The van der Waals surface area contributed by atoms with E-state index >= 15 is 0 Å². The molecule has 0 unspecified atom stereocenters. The number of halogens is 1. The summed E-state index contributed by atoms with van der Waals surface area (Å²) in [7, 11) is 0. The highest BCUT2D eigenvalue weighted by Gasteiger charge is 2.19. The summed E-state index contributed by atoms with van der Waals surface area (Å²) in [4.78, 5) is 2.21. The van der Waals surface area contributed by atoms with Gasteiger partial charge in [-0.2, -0.15) is 0 Å². The van der Waals surface area contributed by atoms with Crippen molar-refractivity contribution in [3.63, 3.8) is 0 Å². The van der Waals surface area contributed by atoms with Gasteiger partial charge in [-0.25, -0.2) is 0 Å². The lowest BCUT2D eigenvalue weighted by Gasteiger charge is -2.13. The van der Waals surface area contributed by atoms with Gasteiger partial charge in [-0.15, -0.1) is 0 Å². The molecule has 1 aliphatic heterocycles. The van der Waals surface area contributed by atoms with Gasteiger partial charge in [0.05, 0.1) is 6.10 Å². The molecule has 0 radical (unpaired) electrons. The summed E-state index contributed by atoms with van der Waals surface area (Å²) in [5.74, 6) is 0. The van der Waals surface area contributed by atoms with Crippen LogP contribution in [-0.4, -0.2) is 35.7 Å². The smallest absolute Gasteiger partial charge is 0.0679 e. The van der Waals surface area contributed by atoms with E-state index < -0.39 is 0 Å². The monoisotopic (exact) mass is 175 g/mol. The minimum atomic E-state index is -0.127. The largest absolute Gasteiger partial charge is 0.392 e. The van der Waals surface area contributed by atoms with Gasteiger partial charge in [0, 0.05) is 25.2 Å². The number of likely N-dealkylation sites (tertiary alicyclic amines) is 1. The summed E-state index contributed by atoms with van der Waals surface area (Å²) in [6, 6.07) is 0. The molecule has 1 saturated heterocycles. The first-order chi connectivity index (χ1) is 5.22. The van der Waals surface area contributed by atoms with Gasteiger partial charge in [-0.1, -0.05) is 11.6 Å². The average Bonchev–Trinajstić information content (AvgIpc) is 2.35. The van der Waals surface area contributed by atoms with Crippen LogP contribution in [0.1, 0.15) is 13.3 Å². The van der Waals surface area contributed by atoms with E-state index in [1.54, 1.807) is 5.54 Å². The standard InChI is InChI=1S/C8H14ClNO/c1-7(4-9)5-10-3-2-8(11)6-10/h4,8,11H,2-3,5-6H2,1H3/b7-4+/t8-/m0/s1. The Balaban J connectivity index is 2.28. The molecule has 0 bridgehead atoms. The Bertz CT molecular complexity index is 158. The molecule has 1 N–H and O–H groups in total. The molecule has 0 aromatic carbocycles. The minimum absolute atomic E-state index is 0.127. The summed E-state index contributed by atoms with van der Waals surface area (Å²) >= 11 is 5.52. The molecule has 2 nitrogen and oxygen atoms in total. The molecule has 0 amide bonds. The Morgan fingerprint density at radius 2 is 2.55 bits per heavy atom. The van der Waals surface area contributed by atoms with Gasteiger partial charge in [-0.05, 0) is 18.9 Å². The molecule has 1 aliphatic rings. The van der Waals surface area contributed by atoms with E-state index in [-0.39, 0.29) is 6.10 Å². The average molecular weight is 176 g/mol. The fourth-order valence-electron chi connectivity index (χ4n) is 1.34. The molecule has 1 atom stereocenters. The molecule has 1 fully saturated rings. The van der Waals surface area contributed by atoms with E-state index in [0.29, 0.717) is 0 Å². The van der Waals surface area contributed by atoms with Gasteiger partial charge >= 0.3 is 0 Å². The van der Waals surface area contributed by atoms with Crippen LogP contribution in [0.2, 0.25) is 0 Å². The second-order valence-corrected chi connectivity index (χ2v) is 3.35. The Kier molecular flexibility index (Phi) is 3.37. The quantitative estimate of drug-likeness (QED) is 0.682. The number of hydrogen-bond donors (Lipinski definition) is 1. The first kappa shape index (κ1) is 9.04. The van der Waals surface area contributed by atoms with Crippen LogP contribution in [0.25, 0.3) is 0 Å². The van der Waals surface area contributed by atoms with Crippen LogP contribution in [-0.2, 0) is 0 Å². The van der Waals surface area contributed by atoms with Crippen LogP contribution in [0.4, 0.5) is 0 Å². The van der Waals surface area contributed by atoms with Crippen LogP contribution in [0.3, 0.4) is 0 Å². The van der Waals surface area contributed by atoms with Gasteiger partial charge in [0.25, 0.3) is 0 Å². The number of β-amino-alcohol motifs (C(OH)–C–C–N with tert-alkyl or cyclic N) is 1. The maximum Gasteiger partial charge on any atom is 0.0679 e. The zero-order valence-corrected chi connectivity index (χ0v) is 7.51. The Morgan fingerprint density at radius 1 is 1.82 bits per heavy atom. The Labute approximate surface area is 72.5 Å². The molecule has 0 spiro atoms. The van der Waals surface area contributed by atoms with Gasteiger partial charge in [0.15, 0.2) is 0 Å². The molecule has 0 aromatic heterocycles. The third kappa shape index (κ3) is 2.81. The van der Waals surface area contributed by atoms with Crippen molar-refractivity contribution in [2.45, 2.75) is 19.4 Å². The summed E-state index contributed by atoms with van der Waals surface area (Å²) < 4.78 is 0. The molecule has 0 aromatic rings. The summed E-state index contributed by atoms with van der Waals surface area (Å²) in [6.45, 7) is 4.67. The molecular formula is C8H14ClNO. The lowest BCUT2D eigenvalue weighted by Crippen LogP contribution is -2.23. The van der Waals surface area contributed by atoms with Crippen molar-refractivity contribution in [3.05, 3.63) is 11.1 Å². The van der Waals surface area contributed by atoms with Crippen molar-refractivity contribution in [3.8, 4) is 0 Å². The van der Waals surface area contributed by atoms with Gasteiger partial charge in [0.2, 0.25) is 0 Å². The highest BCUT2D eigenvalue weighted by molar-refractivity contribution is 6.25. The Morgan fingerprint density at radius 3 is 3.00 bits per heavy atom. The third-order valence-electron chi connectivity index (χ3n) is 1.91. The number of aliphatic hydroxyl groups excluding tert-OH is 1. The SMILES string of the molecule is C/C(=C\Cl)CN1CC[C@H](O)C1. The second-order valence-electron chi connectivity index (χ2n) is 3.13. The molecule has 0 saturated carbocycles. The van der Waals surface area contributed by atoms with E-state index in [4.69, 9.17) is 11.6 Å². The van der Waals surface area contributed by atoms with Crippen molar-refractivity contribution < 1.29 is 5.11 Å². The Hall–Kier alpha value is -0.0500. The maximum absolute atomic E-state index is 9.19. The lowest BCUT2D eigenvalue weighted by atomic mass is 10.3. The van der Waals surface area contributed by atoms with E-state index in [2.05, 4.69) is 4.90 Å². The zero-order valence-electron chi connectivity index (χ0n) is 6.76. The van der Waals surface area contributed by atoms with E-state index in [1.165, 1.54) is 0 Å². The van der Waals surface area contributed by atoms with E-state index in [1.807, 2.05) is 6.92 Å². The molecule has 1 heterocycles. The normalized spacial score (nSPS) is 27.9. The van der Waals surface area contributed by atoms with Crippen LogP contribution in [0.15, 0.2) is 11.1 Å². The first-order valence-corrected chi connectivity index (χ1v) is 4.32. The predicted octanol–water partition coefficient (Wildman–Crippen LogP) is 1.20. The molecule has 1 rings (SSSR count). The third-order valence-corrected chi connectivity index (χ3v) is 2.28. The van der Waals surface area contributed by atoms with Crippen LogP contribution in [0.5, 0.6) is 0 Å². The molecule has 3 heteroatoms. The molecule has 0 aliphatic carbocycles. The maximum atomic E-state index is 9.19. The fraction of sp³-hybridized carbons (Fsp3) is 0.750. The van der Waals surface area contributed by atoms with Gasteiger partial charge in [-0.3, -0.25) is 4.90 Å². The minimum Gasteiger partial charge on any atom is -0.392 e. The van der Waals surface area contributed by atoms with Gasteiger partial charge in [0.1, 0.15) is 0 Å². The molecule has 11 heavy (non-hydrogen) atoms. The van der Waals surface area contributed by atoms with Crippen LogP contribution < -0.4 is 0 Å². The number of hydrogen-bond acceptors (Lipinski definition) is 2. The van der Waals surface area contributed by atoms with Crippen molar-refractivity contribution >= 4 is 11.6 Å². The summed E-state index contributed by atoms with van der Waals surface area (Å²) in [5, 5.41) is 9.19. The molecule has 64 valence electrons. The van der Waals surface area contributed by atoms with Crippen molar-refractivity contribution in [2.75, 3.05) is 19.6 Å². The summed E-state index contributed by atoms with van der Waals surface area (Å²) in [6.07, 6.45) is 0.772. The van der Waals surface area contributed by atoms with Crippen molar-refractivity contribution in [1.29, 1.82) is 0 Å². The van der Waals surface area contributed by atoms with Crippen LogP contribution in [0, 0.1) is 0 Å².